The number of Topliss-reactive ketones (excluding diaryl/α,β-unsaturated/α-hetero) is 1. The number of benzene rings is 1. The average molecular weight is 284 g/mol. The van der Waals surface area contributed by atoms with E-state index >= 15 is 0 Å². The number of nitrogens with one attached hydrogen (secondary N) is 1. The van der Waals surface area contributed by atoms with Gasteiger partial charge in [0.2, 0.25) is 5.91 Å². The first-order chi connectivity index (χ1) is 9.32. The van der Waals surface area contributed by atoms with Gasteiger partial charge in [0, 0.05) is 6.42 Å². The van der Waals surface area contributed by atoms with Gasteiger partial charge >= 0.3 is 0 Å². The lowest BCUT2D eigenvalue weighted by atomic mass is 10.1. The van der Waals surface area contributed by atoms with Gasteiger partial charge in [0.05, 0.1) is 5.56 Å². The maximum absolute atomic E-state index is 13.4. The molecule has 1 atom stereocenters. The average Bonchev–Trinajstić information content (AvgIpc) is 2.36. The molecular formula is C13H14F2N2O3. The van der Waals surface area contributed by atoms with E-state index in [9.17, 15) is 23.2 Å². The van der Waals surface area contributed by atoms with E-state index in [0.717, 1.165) is 12.1 Å². The number of carbonyl (C=O) groups excluding carboxylic acids is 3. The molecule has 20 heavy (non-hydrogen) atoms. The fourth-order valence-electron chi connectivity index (χ4n) is 1.55. The van der Waals surface area contributed by atoms with Gasteiger partial charge in [-0.3, -0.25) is 9.59 Å². The van der Waals surface area contributed by atoms with Crippen molar-refractivity contribution in [3.8, 4) is 0 Å². The van der Waals surface area contributed by atoms with Crippen molar-refractivity contribution < 1.29 is 23.2 Å². The fraction of sp³-hybridized carbons (Fsp3) is 0.308. The second-order valence-electron chi connectivity index (χ2n) is 4.27. The van der Waals surface area contributed by atoms with Gasteiger partial charge in [0.15, 0.2) is 11.6 Å². The van der Waals surface area contributed by atoms with Gasteiger partial charge in [-0.25, -0.2) is 8.78 Å². The summed E-state index contributed by atoms with van der Waals surface area (Å²) in [5.74, 6) is -4.47. The molecule has 5 nitrogen and oxygen atoms in total. The van der Waals surface area contributed by atoms with Gasteiger partial charge in [-0.1, -0.05) is 6.07 Å². The van der Waals surface area contributed by atoms with Gasteiger partial charge in [0.1, 0.15) is 11.8 Å². The molecule has 0 aliphatic rings. The molecule has 0 bridgehead atoms. The monoisotopic (exact) mass is 284 g/mol. The highest BCUT2D eigenvalue weighted by atomic mass is 19.2. The second-order valence-corrected chi connectivity index (χ2v) is 4.27. The minimum atomic E-state index is -1.31. The van der Waals surface area contributed by atoms with Crippen LogP contribution in [0.25, 0.3) is 0 Å². The Morgan fingerprint density at radius 2 is 1.95 bits per heavy atom. The number of carbonyl (C=O) groups is 3. The standard InChI is InChI=1S/C13H14F2N2O3/c1-7(18)5-6-10(12(16)19)17-13(20)8-3-2-4-9(14)11(8)15/h2-4,10H,5-6H2,1H3,(H2,16,19)(H,17,20)/t10-/m0/s1. The van der Waals surface area contributed by atoms with E-state index in [1.54, 1.807) is 0 Å². The van der Waals surface area contributed by atoms with Crippen molar-refractivity contribution in [2.75, 3.05) is 0 Å². The molecule has 0 aliphatic heterocycles. The van der Waals surface area contributed by atoms with Crippen molar-refractivity contribution in [3.05, 3.63) is 35.4 Å². The third-order valence-electron chi connectivity index (χ3n) is 2.63. The molecule has 1 aromatic rings. The molecule has 0 unspecified atom stereocenters. The molecule has 1 rings (SSSR count). The lowest BCUT2D eigenvalue weighted by Crippen LogP contribution is -2.44. The minimum absolute atomic E-state index is 0.00728. The van der Waals surface area contributed by atoms with Crippen LogP contribution in [0.5, 0.6) is 0 Å². The summed E-state index contributed by atoms with van der Waals surface area (Å²) in [6.07, 6.45) is 0.0485. The maximum atomic E-state index is 13.4. The molecule has 7 heteroatoms. The maximum Gasteiger partial charge on any atom is 0.255 e. The predicted octanol–water partition coefficient (Wildman–Crippen LogP) is 0.918. The molecule has 108 valence electrons. The van der Waals surface area contributed by atoms with Gasteiger partial charge < -0.3 is 15.8 Å². The number of halogens is 2. The van der Waals surface area contributed by atoms with Crippen LogP contribution in [0, 0.1) is 11.6 Å². The Bertz CT molecular complexity index is 546. The summed E-state index contributed by atoms with van der Waals surface area (Å²) in [6, 6.07) is 2.00. The normalized spacial score (nSPS) is 11.8. The molecule has 0 fully saturated rings. The van der Waals surface area contributed by atoms with E-state index in [0.29, 0.717) is 0 Å². The van der Waals surface area contributed by atoms with Crippen LogP contribution in [0.4, 0.5) is 8.78 Å². The number of ketones is 1. The van der Waals surface area contributed by atoms with Gasteiger partial charge in [0.25, 0.3) is 5.91 Å². The van der Waals surface area contributed by atoms with Crippen molar-refractivity contribution in [2.24, 2.45) is 5.73 Å². The van der Waals surface area contributed by atoms with E-state index in [2.05, 4.69) is 5.32 Å². The Morgan fingerprint density at radius 3 is 2.50 bits per heavy atom. The lowest BCUT2D eigenvalue weighted by Gasteiger charge is -2.15. The van der Waals surface area contributed by atoms with Crippen molar-refractivity contribution in [1.29, 1.82) is 0 Å². The summed E-state index contributed by atoms with van der Waals surface area (Å²) in [5, 5.41) is 2.18. The predicted molar refractivity (Wildman–Crippen MR) is 66.7 cm³/mol. The van der Waals surface area contributed by atoms with Crippen LogP contribution in [-0.2, 0) is 9.59 Å². The summed E-state index contributed by atoms with van der Waals surface area (Å²) in [4.78, 5) is 33.8. The number of rotatable bonds is 6. The SMILES string of the molecule is CC(=O)CC[C@H](NC(=O)c1cccc(F)c1F)C(N)=O. The molecule has 0 aromatic heterocycles. The Morgan fingerprint density at radius 1 is 1.30 bits per heavy atom. The summed E-state index contributed by atoms with van der Waals surface area (Å²) < 4.78 is 26.4. The number of nitrogens with two attached hydrogens (primary N) is 1. The summed E-state index contributed by atoms with van der Waals surface area (Å²) in [6.45, 7) is 1.33. The van der Waals surface area contributed by atoms with Crippen molar-refractivity contribution >= 4 is 17.6 Å². The summed E-state index contributed by atoms with van der Waals surface area (Å²) in [7, 11) is 0. The van der Waals surface area contributed by atoms with E-state index in [1.165, 1.54) is 13.0 Å². The highest BCUT2D eigenvalue weighted by Gasteiger charge is 2.22. The minimum Gasteiger partial charge on any atom is -0.368 e. The third-order valence-corrected chi connectivity index (χ3v) is 2.63. The highest BCUT2D eigenvalue weighted by molar-refractivity contribution is 5.97. The molecule has 0 radical (unpaired) electrons. The zero-order valence-electron chi connectivity index (χ0n) is 10.8. The van der Waals surface area contributed by atoms with Crippen LogP contribution in [0.1, 0.15) is 30.1 Å². The molecule has 0 saturated carbocycles. The second kappa shape index (κ2) is 6.74. The van der Waals surface area contributed by atoms with Crippen LogP contribution in [0.2, 0.25) is 0 Å². The zero-order chi connectivity index (χ0) is 15.3. The van der Waals surface area contributed by atoms with Gasteiger partial charge in [-0.15, -0.1) is 0 Å². The Hall–Kier alpha value is -2.31. The molecule has 0 saturated heterocycles. The van der Waals surface area contributed by atoms with Crippen LogP contribution < -0.4 is 11.1 Å². The van der Waals surface area contributed by atoms with Crippen molar-refractivity contribution in [2.45, 2.75) is 25.8 Å². The zero-order valence-corrected chi connectivity index (χ0v) is 10.8. The molecule has 3 N–H and O–H groups in total. The molecule has 2 amide bonds. The van der Waals surface area contributed by atoms with E-state index < -0.39 is 35.1 Å². The largest absolute Gasteiger partial charge is 0.368 e. The number of hydrogen-bond acceptors (Lipinski definition) is 3. The Labute approximate surface area is 114 Å². The summed E-state index contributed by atoms with van der Waals surface area (Å²) >= 11 is 0. The smallest absolute Gasteiger partial charge is 0.255 e. The third kappa shape index (κ3) is 4.11. The number of hydrogen-bond donors (Lipinski definition) is 2. The summed E-state index contributed by atoms with van der Waals surface area (Å²) in [5.41, 5.74) is 4.56. The van der Waals surface area contributed by atoms with Crippen molar-refractivity contribution in [1.82, 2.24) is 5.32 Å². The molecule has 0 spiro atoms. The molecular weight excluding hydrogens is 270 g/mol. The van der Waals surface area contributed by atoms with Crippen LogP contribution in [0.3, 0.4) is 0 Å². The molecule has 0 heterocycles. The lowest BCUT2D eigenvalue weighted by molar-refractivity contribution is -0.120. The highest BCUT2D eigenvalue weighted by Crippen LogP contribution is 2.11. The first-order valence-electron chi connectivity index (χ1n) is 5.86. The quantitative estimate of drug-likeness (QED) is 0.814. The Balaban J connectivity index is 2.83. The number of primary amides is 1. The van der Waals surface area contributed by atoms with Gasteiger partial charge in [-0.2, -0.15) is 0 Å². The topological polar surface area (TPSA) is 89.3 Å². The van der Waals surface area contributed by atoms with Crippen LogP contribution >= 0.6 is 0 Å². The van der Waals surface area contributed by atoms with E-state index in [1.807, 2.05) is 0 Å². The first-order valence-corrected chi connectivity index (χ1v) is 5.86. The van der Waals surface area contributed by atoms with Gasteiger partial charge in [-0.05, 0) is 25.5 Å². The van der Waals surface area contributed by atoms with Crippen LogP contribution in [0.15, 0.2) is 18.2 Å². The van der Waals surface area contributed by atoms with Crippen molar-refractivity contribution in [3.63, 3.8) is 0 Å². The van der Waals surface area contributed by atoms with E-state index in [4.69, 9.17) is 5.73 Å². The Kier molecular flexibility index (Phi) is 5.31. The number of amides is 2. The molecule has 0 aliphatic carbocycles. The molecule has 1 aromatic carbocycles. The fourth-order valence-corrected chi connectivity index (χ4v) is 1.55. The van der Waals surface area contributed by atoms with Crippen LogP contribution in [-0.4, -0.2) is 23.6 Å². The first kappa shape index (κ1) is 15.7. The van der Waals surface area contributed by atoms with E-state index in [-0.39, 0.29) is 18.6 Å².